The molecule has 0 saturated carbocycles. The third kappa shape index (κ3) is 6.02. The Morgan fingerprint density at radius 3 is 2.46 bits per heavy atom. The number of hydrogen-bond donors (Lipinski definition) is 4. The van der Waals surface area contributed by atoms with E-state index in [9.17, 15) is 18.0 Å². The summed E-state index contributed by atoms with van der Waals surface area (Å²) < 4.78 is 24.8. The zero-order chi connectivity index (χ0) is 25.2. The Morgan fingerprint density at radius 2 is 1.77 bits per heavy atom. The number of carbonyl (C=O) groups excluding carboxylic acids is 2. The van der Waals surface area contributed by atoms with Crippen LogP contribution >= 0.6 is 21.2 Å². The van der Waals surface area contributed by atoms with E-state index in [1.54, 1.807) is 44.7 Å². The highest BCUT2D eigenvalue weighted by molar-refractivity contribution is 14.2. The van der Waals surface area contributed by atoms with Gasteiger partial charge in [-0.15, -0.1) is 0 Å². The quantitative estimate of drug-likeness (QED) is 0.193. The highest BCUT2D eigenvalue weighted by atomic mass is 127. The van der Waals surface area contributed by atoms with Gasteiger partial charge in [0.2, 0.25) is 0 Å². The summed E-state index contributed by atoms with van der Waals surface area (Å²) in [5.41, 5.74) is 3.25. The summed E-state index contributed by atoms with van der Waals surface area (Å²) in [5.74, 6) is -0.340. The van der Waals surface area contributed by atoms with Gasteiger partial charge in [0, 0.05) is 31.2 Å². The zero-order valence-electron chi connectivity index (χ0n) is 18.4. The molecule has 3 amide bonds. The van der Waals surface area contributed by atoms with Gasteiger partial charge in [0.05, 0.1) is 50.5 Å². The van der Waals surface area contributed by atoms with Gasteiger partial charge in [-0.1, -0.05) is 6.07 Å². The van der Waals surface area contributed by atoms with Crippen molar-refractivity contribution < 1.29 is 18.0 Å². The molecule has 0 bridgehead atoms. The molecule has 0 radical (unpaired) electrons. The van der Waals surface area contributed by atoms with Crippen LogP contribution in [0.3, 0.4) is 0 Å². The normalized spacial score (nSPS) is 11.2. The molecule has 12 nitrogen and oxygen atoms in total. The second kappa shape index (κ2) is 9.83. The van der Waals surface area contributed by atoms with Crippen LogP contribution in [0.2, 0.25) is 0 Å². The summed E-state index contributed by atoms with van der Waals surface area (Å²) in [6, 6.07) is 9.92. The molecular weight excluding hydrogens is 587 g/mol. The molecule has 1 aromatic carbocycles. The standard InChI is InChI=1S/C21H19IN8O4S/c1-30(2)21(32)26-15-7-13(9-23-10-15)12-3-5-17-16(8-12)19(28-27-17)20(31)25-14-4-6-18(24-11-14)29-35(22,33)34/h3-11H,1-2H3,(H,24,29)(H,25,31)(H,26,32)(H,27,28). The maximum atomic E-state index is 12.9. The number of halogens is 1. The summed E-state index contributed by atoms with van der Waals surface area (Å²) >= 11 is 1.25. The van der Waals surface area contributed by atoms with Gasteiger partial charge in [-0.3, -0.25) is 19.6 Å². The first-order valence-electron chi connectivity index (χ1n) is 10.0. The molecule has 0 fully saturated rings. The molecule has 35 heavy (non-hydrogen) atoms. The van der Waals surface area contributed by atoms with E-state index in [1.165, 1.54) is 44.4 Å². The van der Waals surface area contributed by atoms with Gasteiger partial charge in [-0.2, -0.15) is 13.5 Å². The van der Waals surface area contributed by atoms with Gasteiger partial charge in [0.1, 0.15) is 5.82 Å². The van der Waals surface area contributed by atoms with Crippen LogP contribution in [0.15, 0.2) is 55.0 Å². The van der Waals surface area contributed by atoms with E-state index in [-0.39, 0.29) is 17.5 Å². The molecule has 3 heterocycles. The van der Waals surface area contributed by atoms with Crippen LogP contribution in [0.1, 0.15) is 10.5 Å². The van der Waals surface area contributed by atoms with Crippen LogP contribution in [-0.4, -0.2) is 59.5 Å². The Labute approximate surface area is 212 Å². The molecule has 14 heteroatoms. The fraction of sp³-hybridized carbons (Fsp3) is 0.0952. The molecule has 4 rings (SSSR count). The first kappa shape index (κ1) is 24.3. The lowest BCUT2D eigenvalue weighted by atomic mass is 10.0. The van der Waals surface area contributed by atoms with Crippen molar-refractivity contribution in [1.29, 1.82) is 0 Å². The van der Waals surface area contributed by atoms with E-state index in [2.05, 4.69) is 35.5 Å². The van der Waals surface area contributed by atoms with Crippen molar-refractivity contribution >= 4 is 68.4 Å². The number of aromatic amines is 1. The number of amides is 3. The number of aromatic nitrogens is 4. The number of urea groups is 1. The van der Waals surface area contributed by atoms with E-state index in [4.69, 9.17) is 0 Å². The van der Waals surface area contributed by atoms with E-state index in [0.717, 1.165) is 11.1 Å². The molecule has 4 N–H and O–H groups in total. The number of nitrogens with zero attached hydrogens (tertiary/aromatic N) is 4. The van der Waals surface area contributed by atoms with Crippen LogP contribution in [0.4, 0.5) is 22.0 Å². The van der Waals surface area contributed by atoms with Crippen molar-refractivity contribution in [3.8, 4) is 11.1 Å². The minimum Gasteiger partial charge on any atom is -0.331 e. The Balaban J connectivity index is 1.57. The summed E-state index contributed by atoms with van der Waals surface area (Å²) in [4.78, 5) is 34.4. The van der Waals surface area contributed by atoms with Crippen LogP contribution < -0.4 is 15.4 Å². The maximum Gasteiger partial charge on any atom is 0.321 e. The third-order valence-corrected chi connectivity index (χ3v) is 5.87. The second-order valence-electron chi connectivity index (χ2n) is 7.55. The number of fused-ring (bicyclic) bond motifs is 1. The predicted octanol–water partition coefficient (Wildman–Crippen LogP) is 3.46. The fourth-order valence-corrected chi connectivity index (χ4v) is 4.16. The molecule has 0 aliphatic rings. The summed E-state index contributed by atoms with van der Waals surface area (Å²) in [5, 5.41) is 13.0. The molecular formula is C21H19IN8O4S. The lowest BCUT2D eigenvalue weighted by molar-refractivity contribution is 0.102. The SMILES string of the molecule is CN(C)C(=O)Nc1cncc(-c2ccc3[nH]nc(C(=O)Nc4ccc(NS(=O)(=O)I)nc4)c3c2)c1. The van der Waals surface area contributed by atoms with E-state index < -0.39 is 13.1 Å². The molecule has 0 aliphatic heterocycles. The Kier molecular flexibility index (Phi) is 6.83. The van der Waals surface area contributed by atoms with Crippen molar-refractivity contribution in [2.24, 2.45) is 0 Å². The summed E-state index contributed by atoms with van der Waals surface area (Å²) in [6.45, 7) is 0. The highest BCUT2D eigenvalue weighted by Gasteiger charge is 2.16. The van der Waals surface area contributed by atoms with E-state index in [0.29, 0.717) is 22.3 Å². The zero-order valence-corrected chi connectivity index (χ0v) is 21.4. The number of rotatable bonds is 6. The van der Waals surface area contributed by atoms with Gasteiger partial charge in [0.15, 0.2) is 5.69 Å². The van der Waals surface area contributed by atoms with Crippen molar-refractivity contribution in [2.75, 3.05) is 29.5 Å². The number of nitrogens with one attached hydrogen (secondary N) is 4. The average molecular weight is 606 g/mol. The third-order valence-electron chi connectivity index (χ3n) is 4.75. The first-order chi connectivity index (χ1) is 16.6. The molecule has 0 unspecified atom stereocenters. The maximum absolute atomic E-state index is 12.9. The number of anilines is 3. The van der Waals surface area contributed by atoms with Gasteiger partial charge in [-0.25, -0.2) is 9.78 Å². The minimum absolute atomic E-state index is 0.130. The van der Waals surface area contributed by atoms with E-state index in [1.807, 2.05) is 6.07 Å². The Morgan fingerprint density at radius 1 is 0.971 bits per heavy atom. The minimum atomic E-state index is -3.48. The molecule has 180 valence electrons. The van der Waals surface area contributed by atoms with Gasteiger partial charge in [0.25, 0.3) is 13.1 Å². The second-order valence-corrected chi connectivity index (χ2v) is 12.1. The molecule has 4 aromatic rings. The summed E-state index contributed by atoms with van der Waals surface area (Å²) in [6.07, 6.45) is 4.54. The van der Waals surface area contributed by atoms with Gasteiger partial charge >= 0.3 is 6.03 Å². The summed E-state index contributed by atoms with van der Waals surface area (Å²) in [7, 11) is -0.201. The van der Waals surface area contributed by atoms with E-state index >= 15 is 0 Å². The van der Waals surface area contributed by atoms with Crippen LogP contribution in [-0.2, 0) is 7.19 Å². The molecule has 0 spiro atoms. The molecule has 0 atom stereocenters. The number of H-pyrrole nitrogens is 1. The number of benzene rings is 1. The van der Waals surface area contributed by atoms with Crippen LogP contribution in [0, 0.1) is 0 Å². The van der Waals surface area contributed by atoms with Crippen LogP contribution in [0.25, 0.3) is 22.0 Å². The number of hydrogen-bond acceptors (Lipinski definition) is 7. The van der Waals surface area contributed by atoms with Crippen molar-refractivity contribution in [2.45, 2.75) is 0 Å². The monoisotopic (exact) mass is 606 g/mol. The fourth-order valence-electron chi connectivity index (χ4n) is 3.11. The van der Waals surface area contributed by atoms with Crippen molar-refractivity contribution in [3.63, 3.8) is 0 Å². The average Bonchev–Trinajstić information content (AvgIpc) is 3.23. The number of carbonyl (C=O) groups is 2. The highest BCUT2D eigenvalue weighted by Crippen LogP contribution is 2.27. The topological polar surface area (TPSA) is 162 Å². The van der Waals surface area contributed by atoms with Crippen LogP contribution in [0.5, 0.6) is 0 Å². The van der Waals surface area contributed by atoms with Gasteiger partial charge < -0.3 is 15.5 Å². The predicted molar refractivity (Wildman–Crippen MR) is 141 cm³/mol. The molecule has 0 saturated heterocycles. The van der Waals surface area contributed by atoms with Crippen molar-refractivity contribution in [3.05, 3.63) is 60.7 Å². The molecule has 3 aromatic heterocycles. The lowest BCUT2D eigenvalue weighted by Gasteiger charge is -2.12. The Bertz CT molecular complexity index is 1520. The largest absolute Gasteiger partial charge is 0.331 e. The Hall–Kier alpha value is -3.79. The first-order valence-corrected chi connectivity index (χ1v) is 14.0. The number of pyridine rings is 2. The smallest absolute Gasteiger partial charge is 0.321 e. The van der Waals surface area contributed by atoms with Crippen molar-refractivity contribution in [1.82, 2.24) is 25.1 Å². The van der Waals surface area contributed by atoms with Gasteiger partial charge in [-0.05, 0) is 35.9 Å². The lowest BCUT2D eigenvalue weighted by Crippen LogP contribution is -2.27. The molecule has 0 aliphatic carbocycles.